The van der Waals surface area contributed by atoms with Crippen LogP contribution in [0.4, 0.5) is 13.2 Å². The van der Waals surface area contributed by atoms with Crippen molar-refractivity contribution in [2.24, 2.45) is 0 Å². The lowest BCUT2D eigenvalue weighted by Gasteiger charge is -2.09. The second-order valence-electron chi connectivity index (χ2n) is 4.66. The van der Waals surface area contributed by atoms with Crippen molar-refractivity contribution >= 4 is 5.91 Å². The maximum absolute atomic E-state index is 13.5. The molecule has 0 saturated carbocycles. The molecule has 0 spiro atoms. The minimum atomic E-state index is -1.01. The molecule has 2 aromatic carbocycles. The van der Waals surface area contributed by atoms with Gasteiger partial charge in [0.05, 0.1) is 12.1 Å². The second-order valence-corrected chi connectivity index (χ2v) is 4.66. The Balaban J connectivity index is 1.84. The number of carbonyl (C=O) groups is 1. The van der Waals surface area contributed by atoms with E-state index in [9.17, 15) is 18.0 Å². The summed E-state index contributed by atoms with van der Waals surface area (Å²) in [4.78, 5) is 11.8. The lowest BCUT2D eigenvalue weighted by molar-refractivity contribution is 0.0943. The van der Waals surface area contributed by atoms with Gasteiger partial charge in [-0.1, -0.05) is 11.6 Å². The van der Waals surface area contributed by atoms with E-state index in [-0.39, 0.29) is 24.5 Å². The highest BCUT2D eigenvalue weighted by Gasteiger charge is 2.11. The van der Waals surface area contributed by atoms with Crippen LogP contribution in [0, 0.1) is 24.4 Å². The number of halogens is 3. The zero-order valence-electron chi connectivity index (χ0n) is 11.8. The Hall–Kier alpha value is -2.50. The quantitative estimate of drug-likeness (QED) is 0.861. The van der Waals surface area contributed by atoms with E-state index >= 15 is 0 Å². The second kappa shape index (κ2) is 6.98. The third-order valence-corrected chi connectivity index (χ3v) is 2.91. The standard InChI is InChI=1S/C16H14F3NO2/c1-10-2-4-13(17)12(8-10)16(21)20-6-7-22-11-3-5-14(18)15(19)9-11/h2-5,8-9H,6-7H2,1H3,(H,20,21). The monoisotopic (exact) mass is 309 g/mol. The normalized spacial score (nSPS) is 10.4. The van der Waals surface area contributed by atoms with Gasteiger partial charge >= 0.3 is 0 Å². The summed E-state index contributed by atoms with van der Waals surface area (Å²) in [7, 11) is 0. The van der Waals surface area contributed by atoms with Gasteiger partial charge in [-0.2, -0.15) is 0 Å². The van der Waals surface area contributed by atoms with E-state index in [4.69, 9.17) is 4.74 Å². The van der Waals surface area contributed by atoms with Gasteiger partial charge in [0.1, 0.15) is 18.2 Å². The lowest BCUT2D eigenvalue weighted by Crippen LogP contribution is -2.28. The van der Waals surface area contributed by atoms with Crippen molar-refractivity contribution in [1.82, 2.24) is 5.32 Å². The maximum Gasteiger partial charge on any atom is 0.254 e. The number of aryl methyl sites for hydroxylation is 1. The summed E-state index contributed by atoms with van der Waals surface area (Å²) >= 11 is 0. The average molecular weight is 309 g/mol. The van der Waals surface area contributed by atoms with E-state index in [0.717, 1.165) is 17.7 Å². The molecule has 2 aromatic rings. The van der Waals surface area contributed by atoms with Crippen LogP contribution in [0.2, 0.25) is 0 Å². The minimum absolute atomic E-state index is 0.0459. The first-order chi connectivity index (χ1) is 10.5. The molecule has 0 fully saturated rings. The molecule has 1 N–H and O–H groups in total. The van der Waals surface area contributed by atoms with Gasteiger partial charge in [-0.05, 0) is 31.2 Å². The summed E-state index contributed by atoms with van der Waals surface area (Å²) in [5.41, 5.74) is 0.720. The van der Waals surface area contributed by atoms with Gasteiger partial charge in [0.15, 0.2) is 11.6 Å². The number of rotatable bonds is 5. The molecule has 0 aliphatic heterocycles. The van der Waals surface area contributed by atoms with Crippen molar-refractivity contribution in [2.45, 2.75) is 6.92 Å². The Kier molecular flexibility index (Phi) is 5.04. The molecule has 0 heterocycles. The molecule has 3 nitrogen and oxygen atoms in total. The summed E-state index contributed by atoms with van der Waals surface area (Å²) < 4.78 is 44.4. The first-order valence-corrected chi connectivity index (χ1v) is 6.59. The Labute approximate surface area is 125 Å². The molecule has 1 amide bonds. The number of ether oxygens (including phenoxy) is 1. The largest absolute Gasteiger partial charge is 0.492 e. The fourth-order valence-electron chi connectivity index (χ4n) is 1.81. The lowest BCUT2D eigenvalue weighted by atomic mass is 10.1. The predicted octanol–water partition coefficient (Wildman–Crippen LogP) is 3.22. The molecule has 2 rings (SSSR count). The van der Waals surface area contributed by atoms with Gasteiger partial charge < -0.3 is 10.1 Å². The smallest absolute Gasteiger partial charge is 0.254 e. The van der Waals surface area contributed by atoms with Gasteiger partial charge in [0.2, 0.25) is 0 Å². The fraction of sp³-hybridized carbons (Fsp3) is 0.188. The van der Waals surface area contributed by atoms with Crippen molar-refractivity contribution in [3.05, 3.63) is 65.0 Å². The summed E-state index contributed by atoms with van der Waals surface area (Å²) in [6.07, 6.45) is 0. The molecule has 0 radical (unpaired) electrons. The van der Waals surface area contributed by atoms with E-state index in [1.54, 1.807) is 13.0 Å². The van der Waals surface area contributed by atoms with Crippen LogP contribution in [0.1, 0.15) is 15.9 Å². The molecular weight excluding hydrogens is 295 g/mol. The summed E-state index contributed by atoms with van der Waals surface area (Å²) in [6, 6.07) is 7.38. The van der Waals surface area contributed by atoms with Gasteiger partial charge in [0, 0.05) is 6.07 Å². The van der Waals surface area contributed by atoms with Crippen LogP contribution in [0.5, 0.6) is 5.75 Å². The third kappa shape index (κ3) is 4.00. The van der Waals surface area contributed by atoms with Crippen LogP contribution in [-0.2, 0) is 0 Å². The molecule has 0 atom stereocenters. The number of hydrogen-bond donors (Lipinski definition) is 1. The summed E-state index contributed by atoms with van der Waals surface area (Å²) in [5.74, 6) is -2.99. The van der Waals surface area contributed by atoms with Crippen LogP contribution >= 0.6 is 0 Å². The Morgan fingerprint density at radius 3 is 2.50 bits per heavy atom. The molecular formula is C16H14F3NO2. The zero-order chi connectivity index (χ0) is 16.1. The third-order valence-electron chi connectivity index (χ3n) is 2.91. The molecule has 0 bridgehead atoms. The highest BCUT2D eigenvalue weighted by Crippen LogP contribution is 2.15. The zero-order valence-corrected chi connectivity index (χ0v) is 11.8. The van der Waals surface area contributed by atoms with E-state index in [1.165, 1.54) is 18.2 Å². The molecule has 0 aliphatic rings. The van der Waals surface area contributed by atoms with Crippen molar-refractivity contribution in [1.29, 1.82) is 0 Å². The van der Waals surface area contributed by atoms with E-state index in [1.807, 2.05) is 0 Å². The fourth-order valence-corrected chi connectivity index (χ4v) is 1.81. The van der Waals surface area contributed by atoms with Crippen LogP contribution in [0.15, 0.2) is 36.4 Å². The average Bonchev–Trinajstić information content (AvgIpc) is 2.49. The van der Waals surface area contributed by atoms with Gasteiger partial charge in [-0.25, -0.2) is 13.2 Å². The molecule has 22 heavy (non-hydrogen) atoms. The Bertz CT molecular complexity index is 689. The highest BCUT2D eigenvalue weighted by atomic mass is 19.2. The number of nitrogens with one attached hydrogen (secondary N) is 1. The van der Waals surface area contributed by atoms with Gasteiger partial charge in [-0.3, -0.25) is 4.79 Å². The maximum atomic E-state index is 13.5. The molecule has 0 aliphatic carbocycles. The van der Waals surface area contributed by atoms with Crippen molar-refractivity contribution in [3.63, 3.8) is 0 Å². The minimum Gasteiger partial charge on any atom is -0.492 e. The molecule has 0 aromatic heterocycles. The van der Waals surface area contributed by atoms with Crippen molar-refractivity contribution < 1.29 is 22.7 Å². The first-order valence-electron chi connectivity index (χ1n) is 6.59. The topological polar surface area (TPSA) is 38.3 Å². The van der Waals surface area contributed by atoms with E-state index in [0.29, 0.717) is 0 Å². The molecule has 0 unspecified atom stereocenters. The molecule has 6 heteroatoms. The van der Waals surface area contributed by atoms with Crippen LogP contribution < -0.4 is 10.1 Å². The predicted molar refractivity (Wildman–Crippen MR) is 75.3 cm³/mol. The van der Waals surface area contributed by atoms with Crippen LogP contribution in [-0.4, -0.2) is 19.1 Å². The SMILES string of the molecule is Cc1ccc(F)c(C(=O)NCCOc2ccc(F)c(F)c2)c1. The van der Waals surface area contributed by atoms with Crippen LogP contribution in [0.3, 0.4) is 0 Å². The van der Waals surface area contributed by atoms with Gasteiger partial charge in [0.25, 0.3) is 5.91 Å². The highest BCUT2D eigenvalue weighted by molar-refractivity contribution is 5.94. The Morgan fingerprint density at radius 1 is 1.05 bits per heavy atom. The number of carbonyl (C=O) groups excluding carboxylic acids is 1. The van der Waals surface area contributed by atoms with E-state index in [2.05, 4.69) is 5.32 Å². The molecule has 116 valence electrons. The summed E-state index contributed by atoms with van der Waals surface area (Å²) in [6.45, 7) is 1.90. The van der Waals surface area contributed by atoms with Gasteiger partial charge in [-0.15, -0.1) is 0 Å². The number of benzene rings is 2. The van der Waals surface area contributed by atoms with E-state index < -0.39 is 23.4 Å². The number of hydrogen-bond acceptors (Lipinski definition) is 2. The first kappa shape index (κ1) is 15.9. The van der Waals surface area contributed by atoms with Crippen molar-refractivity contribution in [2.75, 3.05) is 13.2 Å². The number of amides is 1. The summed E-state index contributed by atoms with van der Waals surface area (Å²) in [5, 5.41) is 2.49. The molecule has 0 saturated heterocycles. The Morgan fingerprint density at radius 2 is 1.77 bits per heavy atom. The van der Waals surface area contributed by atoms with Crippen LogP contribution in [0.25, 0.3) is 0 Å². The van der Waals surface area contributed by atoms with Crippen molar-refractivity contribution in [3.8, 4) is 5.75 Å².